The van der Waals surface area contributed by atoms with E-state index in [1.54, 1.807) is 39.0 Å². The van der Waals surface area contributed by atoms with Crippen molar-refractivity contribution >= 4 is 23.6 Å². The Morgan fingerprint density at radius 3 is 2.13 bits per heavy atom. The molecule has 0 heterocycles. The van der Waals surface area contributed by atoms with Crippen molar-refractivity contribution in [2.75, 3.05) is 11.9 Å². The van der Waals surface area contributed by atoms with Crippen LogP contribution in [0.15, 0.2) is 42.5 Å². The summed E-state index contributed by atoms with van der Waals surface area (Å²) in [5, 5.41) is 16.5. The lowest BCUT2D eigenvalue weighted by atomic mass is 9.95. The minimum atomic E-state index is -1.13. The molecule has 2 aromatic carbocycles. The second-order valence-corrected chi connectivity index (χ2v) is 10.8. The Morgan fingerprint density at radius 1 is 1.00 bits per heavy atom. The minimum absolute atomic E-state index is 0.0942. The van der Waals surface area contributed by atoms with Gasteiger partial charge in [-0.15, -0.1) is 0 Å². The highest BCUT2D eigenvalue weighted by Crippen LogP contribution is 2.32. The van der Waals surface area contributed by atoms with Crippen molar-refractivity contribution < 1.29 is 24.2 Å². The van der Waals surface area contributed by atoms with Crippen LogP contribution in [0.1, 0.15) is 77.1 Å². The first-order valence-electron chi connectivity index (χ1n) is 13.3. The number of amides is 3. The molecule has 0 bridgehead atoms. The lowest BCUT2D eigenvalue weighted by Crippen LogP contribution is -2.55. The highest BCUT2D eigenvalue weighted by Gasteiger charge is 2.38. The molecular weight excluding hydrogens is 482 g/mol. The van der Waals surface area contributed by atoms with E-state index in [2.05, 4.69) is 10.6 Å². The van der Waals surface area contributed by atoms with Crippen LogP contribution in [0.4, 0.5) is 10.5 Å². The molecule has 3 atom stereocenters. The number of nitrogens with zero attached hydrogens (tertiary/aromatic N) is 1. The number of nitrogens with one attached hydrogen (secondary N) is 2. The molecule has 2 rings (SSSR count). The van der Waals surface area contributed by atoms with Crippen molar-refractivity contribution in [3.8, 4) is 5.75 Å². The number of phenolic OH excluding ortho intramolecular Hbond substituents is 1. The largest absolute Gasteiger partial charge is 0.508 e. The zero-order valence-corrected chi connectivity index (χ0v) is 23.9. The maximum absolute atomic E-state index is 14.1. The first-order valence-corrected chi connectivity index (χ1v) is 13.3. The molecule has 8 heteroatoms. The topological polar surface area (TPSA) is 108 Å². The summed E-state index contributed by atoms with van der Waals surface area (Å²) in [6.07, 6.45) is 0.473. The second kappa shape index (κ2) is 13.3. The number of phenols is 1. The van der Waals surface area contributed by atoms with Crippen molar-refractivity contribution in [1.29, 1.82) is 0 Å². The third kappa shape index (κ3) is 7.97. The summed E-state index contributed by atoms with van der Waals surface area (Å²) in [6, 6.07) is 10.2. The zero-order chi connectivity index (χ0) is 28.6. The fourth-order valence-electron chi connectivity index (χ4n) is 4.28. The Balaban J connectivity index is 2.57. The van der Waals surface area contributed by atoms with Gasteiger partial charge in [-0.25, -0.2) is 4.79 Å². The van der Waals surface area contributed by atoms with Crippen LogP contribution in [0.5, 0.6) is 5.75 Å². The number of ether oxygens (including phenoxy) is 1. The lowest BCUT2D eigenvalue weighted by Gasteiger charge is -2.36. The molecule has 0 radical (unpaired) electrons. The van der Waals surface area contributed by atoms with Gasteiger partial charge in [-0.05, 0) is 64.2 Å². The van der Waals surface area contributed by atoms with Crippen molar-refractivity contribution in [3.63, 3.8) is 0 Å². The van der Waals surface area contributed by atoms with Gasteiger partial charge in [0.1, 0.15) is 23.4 Å². The summed E-state index contributed by atoms with van der Waals surface area (Å²) in [5.41, 5.74) is 1.99. The quantitative estimate of drug-likeness (QED) is 0.360. The summed E-state index contributed by atoms with van der Waals surface area (Å²) in [5.74, 6) is -1.20. The fraction of sp³-hybridized carbons (Fsp3) is 0.500. The van der Waals surface area contributed by atoms with Gasteiger partial charge < -0.3 is 25.4 Å². The molecule has 0 saturated carbocycles. The molecule has 0 aliphatic carbocycles. The molecule has 38 heavy (non-hydrogen) atoms. The lowest BCUT2D eigenvalue weighted by molar-refractivity contribution is -0.142. The van der Waals surface area contributed by atoms with Gasteiger partial charge in [0.05, 0.1) is 0 Å². The summed E-state index contributed by atoms with van der Waals surface area (Å²) >= 11 is 0. The van der Waals surface area contributed by atoms with E-state index in [0.717, 1.165) is 11.1 Å². The number of hydrogen-bond donors (Lipinski definition) is 3. The molecule has 3 N–H and O–H groups in total. The van der Waals surface area contributed by atoms with Crippen molar-refractivity contribution in [2.45, 2.75) is 85.9 Å². The first-order chi connectivity index (χ1) is 17.8. The van der Waals surface area contributed by atoms with E-state index >= 15 is 0 Å². The smallest absolute Gasteiger partial charge is 0.408 e. The molecule has 0 aromatic heterocycles. The molecule has 0 aliphatic rings. The van der Waals surface area contributed by atoms with Crippen LogP contribution in [-0.4, -0.2) is 46.1 Å². The van der Waals surface area contributed by atoms with Crippen LogP contribution >= 0.6 is 0 Å². The Hall–Kier alpha value is -3.55. The van der Waals surface area contributed by atoms with Crippen LogP contribution in [-0.2, 0) is 14.3 Å². The van der Waals surface area contributed by atoms with Gasteiger partial charge in [0.15, 0.2) is 0 Å². The molecule has 8 nitrogen and oxygen atoms in total. The number of benzene rings is 2. The van der Waals surface area contributed by atoms with Crippen molar-refractivity contribution in [1.82, 2.24) is 10.2 Å². The van der Waals surface area contributed by atoms with Crippen LogP contribution in [0.2, 0.25) is 0 Å². The normalized spacial score (nSPS) is 13.7. The van der Waals surface area contributed by atoms with Gasteiger partial charge in [0.2, 0.25) is 5.91 Å². The van der Waals surface area contributed by atoms with Crippen molar-refractivity contribution in [2.24, 2.45) is 5.92 Å². The van der Waals surface area contributed by atoms with E-state index in [-0.39, 0.29) is 18.2 Å². The summed E-state index contributed by atoms with van der Waals surface area (Å²) in [6.45, 7) is 15.0. The van der Waals surface area contributed by atoms with Gasteiger partial charge in [-0.2, -0.15) is 0 Å². The van der Waals surface area contributed by atoms with Crippen molar-refractivity contribution in [3.05, 3.63) is 59.2 Å². The Kier molecular flexibility index (Phi) is 10.7. The van der Waals surface area contributed by atoms with E-state index in [9.17, 15) is 19.5 Å². The summed E-state index contributed by atoms with van der Waals surface area (Å²) in [7, 11) is 0. The molecular formula is C30H43N3O5. The summed E-state index contributed by atoms with van der Waals surface area (Å²) in [4.78, 5) is 42.2. The van der Waals surface area contributed by atoms with E-state index in [1.165, 1.54) is 11.0 Å². The predicted octanol–water partition coefficient (Wildman–Crippen LogP) is 5.87. The molecule has 0 fully saturated rings. The number of aromatic hydroxyl groups is 1. The van der Waals surface area contributed by atoms with Crippen LogP contribution in [0.25, 0.3) is 0 Å². The molecule has 3 amide bonds. The van der Waals surface area contributed by atoms with Gasteiger partial charge in [-0.3, -0.25) is 9.59 Å². The minimum Gasteiger partial charge on any atom is -0.508 e. The van der Waals surface area contributed by atoms with Crippen LogP contribution in [0, 0.1) is 19.8 Å². The Morgan fingerprint density at radius 2 is 1.61 bits per heavy atom. The predicted molar refractivity (Wildman–Crippen MR) is 150 cm³/mol. The van der Waals surface area contributed by atoms with E-state index in [4.69, 9.17) is 4.74 Å². The monoisotopic (exact) mass is 525 g/mol. The number of para-hydroxylation sites is 2. The molecule has 208 valence electrons. The zero-order valence-electron chi connectivity index (χ0n) is 23.9. The second-order valence-electron chi connectivity index (χ2n) is 10.8. The van der Waals surface area contributed by atoms with Gasteiger partial charge in [-0.1, -0.05) is 63.6 Å². The number of alkyl carbamates (subject to hydrolysis) is 1. The fourth-order valence-corrected chi connectivity index (χ4v) is 4.28. The number of rotatable bonds is 10. The number of hydrogen-bond acceptors (Lipinski definition) is 5. The van der Waals surface area contributed by atoms with E-state index < -0.39 is 35.6 Å². The van der Waals surface area contributed by atoms with Gasteiger partial charge in [0, 0.05) is 17.8 Å². The maximum Gasteiger partial charge on any atom is 0.408 e. The SMILES string of the molecule is CCCN(C(=O)C(NC(=O)OC(C)(C)C)C(C)CC)C(C(=O)Nc1c(C)cccc1C)c1ccccc1O. The van der Waals surface area contributed by atoms with Gasteiger partial charge in [0.25, 0.3) is 5.91 Å². The number of anilines is 1. The molecule has 3 unspecified atom stereocenters. The molecule has 0 aliphatic heterocycles. The number of carbonyl (C=O) groups is 3. The molecule has 0 saturated heterocycles. The maximum atomic E-state index is 14.1. The highest BCUT2D eigenvalue weighted by atomic mass is 16.6. The van der Waals surface area contributed by atoms with E-state index in [0.29, 0.717) is 24.1 Å². The third-order valence-electron chi connectivity index (χ3n) is 6.42. The average Bonchev–Trinajstić information content (AvgIpc) is 2.83. The summed E-state index contributed by atoms with van der Waals surface area (Å²) < 4.78 is 5.43. The number of aryl methyl sites for hydroxylation is 2. The first kappa shape index (κ1) is 30.7. The Labute approximate surface area is 226 Å². The number of carbonyl (C=O) groups excluding carboxylic acids is 3. The van der Waals surface area contributed by atoms with Gasteiger partial charge >= 0.3 is 6.09 Å². The Bertz CT molecular complexity index is 1100. The van der Waals surface area contributed by atoms with Crippen LogP contribution < -0.4 is 10.6 Å². The standard InChI is InChI=1S/C30H43N3O5/c1-9-18-33(28(36)25(19(3)10-2)32-29(37)38-30(6,7)8)26(22-16-11-12-17-23(22)34)27(35)31-24-20(4)14-13-15-21(24)5/h11-17,19,25-26,34H,9-10,18H2,1-8H3,(H,31,35)(H,32,37). The molecule has 2 aromatic rings. The van der Waals surface area contributed by atoms with E-state index in [1.807, 2.05) is 52.8 Å². The third-order valence-corrected chi connectivity index (χ3v) is 6.42. The highest BCUT2D eigenvalue weighted by molar-refractivity contribution is 6.00. The molecule has 0 spiro atoms. The van der Waals surface area contributed by atoms with Crippen LogP contribution in [0.3, 0.4) is 0 Å². The average molecular weight is 526 g/mol.